The first kappa shape index (κ1) is 65.6. The van der Waals surface area contributed by atoms with Crippen LogP contribution in [0.15, 0.2) is 109 Å². The van der Waals surface area contributed by atoms with Crippen molar-refractivity contribution in [3.05, 3.63) is 115 Å². The number of rotatable bonds is 7. The number of carboxylic acids is 1. The van der Waals surface area contributed by atoms with Crippen LogP contribution in [0.25, 0.3) is 0 Å². The molecule has 15 unspecified atom stereocenters. The fraction of sp³-hybridized carbons (Fsp3) is 0.574. The van der Waals surface area contributed by atoms with E-state index in [0.717, 1.165) is 0 Å². The minimum atomic E-state index is -3.03. The normalized spacial score (nSPS) is 38.9. The molecular formula is C54H79NO20P+. The maximum atomic E-state index is 13.1. The van der Waals surface area contributed by atoms with Crippen LogP contribution in [-0.2, 0) is 33.2 Å². The highest BCUT2D eigenvalue weighted by molar-refractivity contribution is 7.38. The second-order valence-electron chi connectivity index (χ2n) is 19.5. The molecule has 76 heavy (non-hydrogen) atoms. The Morgan fingerprint density at radius 3 is 1.74 bits per heavy atom. The van der Waals surface area contributed by atoms with Crippen molar-refractivity contribution in [3.63, 3.8) is 0 Å². The van der Waals surface area contributed by atoms with E-state index in [-0.39, 0.29) is 42.9 Å². The minimum absolute atomic E-state index is 0.117. The number of allylic oxidation sites excluding steroid dienone is 12. The lowest BCUT2D eigenvalue weighted by molar-refractivity contribution is -0.281. The molecule has 21 nitrogen and oxygen atoms in total. The van der Waals surface area contributed by atoms with Crippen molar-refractivity contribution < 1.29 is 99.3 Å². The van der Waals surface area contributed by atoms with Gasteiger partial charge in [-0.15, -0.1) is 0 Å². The summed E-state index contributed by atoms with van der Waals surface area (Å²) < 4.78 is 29.9. The summed E-state index contributed by atoms with van der Waals surface area (Å²) >= 11 is 0. The third-order valence-electron chi connectivity index (χ3n) is 13.2. The Bertz CT molecular complexity index is 2160. The van der Waals surface area contributed by atoms with Crippen LogP contribution < -0.4 is 5.32 Å². The number of phenolic OH excluding ortho intramolecular Hbond substituents is 1. The number of ether oxygens (including phenoxy) is 3. The zero-order valence-corrected chi connectivity index (χ0v) is 44.0. The smallest absolute Gasteiger partial charge is 0.508 e. The number of phenols is 1. The number of aliphatic hydroxyl groups is 10. The highest BCUT2D eigenvalue weighted by Crippen LogP contribution is 2.38. The number of aliphatic hydroxyl groups excluding tert-OH is 10. The summed E-state index contributed by atoms with van der Waals surface area (Å²) in [5, 5.41) is 132. The quantitative estimate of drug-likeness (QED) is 0.138. The van der Waals surface area contributed by atoms with E-state index in [1.807, 2.05) is 0 Å². The number of hydrogen-bond donors (Lipinski definition) is 14. The van der Waals surface area contributed by atoms with Gasteiger partial charge in [0.1, 0.15) is 29.7 Å². The van der Waals surface area contributed by atoms with Crippen molar-refractivity contribution in [1.82, 2.24) is 5.32 Å². The molecule has 1 fully saturated rings. The van der Waals surface area contributed by atoms with E-state index in [0.29, 0.717) is 0 Å². The van der Waals surface area contributed by atoms with Gasteiger partial charge in [-0.05, 0) is 68.4 Å². The van der Waals surface area contributed by atoms with Gasteiger partial charge in [0.15, 0.2) is 6.29 Å². The molecule has 22 heteroatoms. The van der Waals surface area contributed by atoms with Gasteiger partial charge in [0.2, 0.25) is 0 Å². The number of benzene rings is 1. The molecular weight excluding hydrogens is 1010 g/mol. The molecule has 2 aliphatic heterocycles. The first-order chi connectivity index (χ1) is 35.9. The van der Waals surface area contributed by atoms with Crippen LogP contribution in [0, 0.1) is 17.8 Å². The number of cyclic esters (lactones) is 1. The number of hydrogen-bond acceptors (Lipinski definition) is 19. The first-order valence-corrected chi connectivity index (χ1v) is 26.6. The Labute approximate surface area is 444 Å². The molecule has 0 aliphatic carbocycles. The summed E-state index contributed by atoms with van der Waals surface area (Å²) in [6.45, 7) is 6.59. The average Bonchev–Trinajstić information content (AvgIpc) is 3.33. The van der Waals surface area contributed by atoms with Gasteiger partial charge < -0.3 is 75.5 Å². The zero-order chi connectivity index (χ0) is 56.6. The number of carbonyl (C=O) groups excluding carboxylic acids is 2. The van der Waals surface area contributed by atoms with E-state index < -0.39 is 161 Å². The summed E-state index contributed by atoms with van der Waals surface area (Å²) in [5.41, 5.74) is 0.236. The predicted octanol–water partition coefficient (Wildman–Crippen LogP) is 2.32. The van der Waals surface area contributed by atoms with Crippen molar-refractivity contribution in [2.45, 2.75) is 177 Å². The summed E-state index contributed by atoms with van der Waals surface area (Å²) in [7, 11) is -3.03. The molecule has 0 amide bonds. The SMILES string of the molecule is CC1/C=C/C=C/C=C/C=C/C=C/C=C/C=C/C(O[C@@H]2O[C@@H](C)[C@H](O)[C@H](NC(c3ccc(O)cc3)[P+](=O)O)[C@H]2O)CC(O)C(C(=O)O)C(O)CC(=O)CC(O)C(O)CCC(O)CC(O)CC(O)CC(=O)OC(C)C(C)C1O. The van der Waals surface area contributed by atoms with Gasteiger partial charge in [-0.3, -0.25) is 19.7 Å². The molecule has 1 aromatic rings. The van der Waals surface area contributed by atoms with Gasteiger partial charge in [0, 0.05) is 36.7 Å². The van der Waals surface area contributed by atoms with E-state index in [1.165, 1.54) is 43.3 Å². The van der Waals surface area contributed by atoms with Crippen LogP contribution >= 0.6 is 8.03 Å². The number of aliphatic carboxylic acids is 1. The lowest BCUT2D eigenvalue weighted by Crippen LogP contribution is -2.63. The van der Waals surface area contributed by atoms with E-state index in [2.05, 4.69) is 5.32 Å². The van der Waals surface area contributed by atoms with Crippen molar-refractivity contribution in [1.29, 1.82) is 0 Å². The van der Waals surface area contributed by atoms with E-state index in [4.69, 9.17) is 14.2 Å². The van der Waals surface area contributed by atoms with Crippen LogP contribution in [0.3, 0.4) is 0 Å². The predicted molar refractivity (Wildman–Crippen MR) is 278 cm³/mol. The van der Waals surface area contributed by atoms with E-state index in [1.54, 1.807) is 93.7 Å². The molecule has 2 aliphatic rings. The summed E-state index contributed by atoms with van der Waals surface area (Å²) in [6.07, 6.45) is -0.222. The number of aromatic hydroxyl groups is 1. The molecule has 0 bridgehead atoms. The number of nitrogens with one attached hydrogen (secondary N) is 1. The maximum absolute atomic E-state index is 13.1. The largest absolute Gasteiger partial charge is 0.529 e. The number of carboxylic acid groups (broad SMARTS) is 1. The third kappa shape index (κ3) is 22.7. The van der Waals surface area contributed by atoms with Crippen LogP contribution in [0.5, 0.6) is 5.75 Å². The highest BCUT2D eigenvalue weighted by atomic mass is 31.1. The number of ketones is 1. The van der Waals surface area contributed by atoms with Gasteiger partial charge in [-0.25, -0.2) is 0 Å². The minimum Gasteiger partial charge on any atom is -0.508 e. The van der Waals surface area contributed by atoms with Gasteiger partial charge in [-0.2, -0.15) is 4.89 Å². The Morgan fingerprint density at radius 2 is 1.17 bits per heavy atom. The summed E-state index contributed by atoms with van der Waals surface area (Å²) in [5.74, 6) is -7.67. The van der Waals surface area contributed by atoms with Gasteiger partial charge >= 0.3 is 20.0 Å². The Morgan fingerprint density at radius 1 is 0.632 bits per heavy atom. The lowest BCUT2D eigenvalue weighted by atomic mass is 9.88. The molecule has 0 aromatic heterocycles. The van der Waals surface area contributed by atoms with E-state index >= 15 is 0 Å². The molecule has 2 heterocycles. The molecule has 1 saturated heterocycles. The van der Waals surface area contributed by atoms with Crippen molar-refractivity contribution in [3.8, 4) is 5.75 Å². The molecule has 14 N–H and O–H groups in total. The summed E-state index contributed by atoms with van der Waals surface area (Å²) in [4.78, 5) is 48.5. The molecule has 20 atom stereocenters. The molecule has 3 rings (SSSR count). The lowest BCUT2D eigenvalue weighted by Gasteiger charge is -2.43. The number of carbonyl (C=O) groups is 3. The Kier molecular flexibility index (Phi) is 29.0. The molecule has 1 aromatic carbocycles. The van der Waals surface area contributed by atoms with Crippen molar-refractivity contribution in [2.24, 2.45) is 17.8 Å². The Balaban J connectivity index is 1.88. The topological polar surface area (TPSA) is 371 Å². The highest BCUT2D eigenvalue weighted by Gasteiger charge is 2.48. The van der Waals surface area contributed by atoms with E-state index in [9.17, 15) is 85.1 Å². The zero-order valence-electron chi connectivity index (χ0n) is 43.1. The fourth-order valence-corrected chi connectivity index (χ4v) is 9.31. The molecule has 0 spiro atoms. The van der Waals surface area contributed by atoms with Crippen LogP contribution in [-0.4, -0.2) is 176 Å². The summed E-state index contributed by atoms with van der Waals surface area (Å²) in [6, 6.07) is 3.94. The standard InChI is InChI=1S/C54H78NO20P/c1-31-17-15-13-11-9-7-5-6-8-10-12-14-16-18-41(75-54-51(68)48(50(67)34(4)74-54)55-52(76(71)72)35-19-21-36(56)22-20-35)30-45(64)47(53(69)70)44(63)28-40(60)27-43(62)42(61)24-23-37(57)25-38(58)26-39(59)29-46(65)73-33(3)32(2)49(31)66/h5-22,31-34,37-39,41-45,47-52,54-55,57-59,61-64,66-68H,23-30H2,1-4H3,(H2-,56,69,70,71,72)/p+1/b6-5+,9-7+,10-8+,13-11+,14-12+,17-15+,18-16+/t31?,32?,33?,34-,37?,38?,39?,41?,42?,43?,44?,45?,47?,48-,49?,50-,51+,52?,54-/m0/s1. The van der Waals surface area contributed by atoms with Crippen LogP contribution in [0.2, 0.25) is 0 Å². The van der Waals surface area contributed by atoms with Gasteiger partial charge in [0.25, 0.3) is 5.78 Å². The second kappa shape index (κ2) is 33.6. The number of esters is 1. The Hall–Kier alpha value is -4.65. The monoisotopic (exact) mass is 1090 g/mol. The molecule has 0 radical (unpaired) electrons. The van der Waals surface area contributed by atoms with Crippen molar-refractivity contribution >= 4 is 25.7 Å². The van der Waals surface area contributed by atoms with Crippen LogP contribution in [0.1, 0.15) is 90.4 Å². The molecule has 424 valence electrons. The van der Waals surface area contributed by atoms with Crippen molar-refractivity contribution in [2.75, 3.05) is 0 Å². The second-order valence-corrected chi connectivity index (χ2v) is 20.6. The molecule has 0 saturated carbocycles. The fourth-order valence-electron chi connectivity index (χ4n) is 8.58. The third-order valence-corrected chi connectivity index (χ3v) is 14.1. The first-order valence-electron chi connectivity index (χ1n) is 25.3. The average molecular weight is 1090 g/mol. The number of Topliss-reactive ketones (excluding diaryl/α,β-unsaturated/α-hetero) is 1. The van der Waals surface area contributed by atoms with Gasteiger partial charge in [0.05, 0.1) is 79.6 Å². The van der Waals surface area contributed by atoms with Crippen LogP contribution in [0.4, 0.5) is 0 Å². The maximum Gasteiger partial charge on any atom is 0.529 e. The van der Waals surface area contributed by atoms with Gasteiger partial charge in [-0.1, -0.05) is 98.9 Å².